The van der Waals surface area contributed by atoms with Gasteiger partial charge in [0.2, 0.25) is 0 Å². The highest BCUT2D eigenvalue weighted by Crippen LogP contribution is 2.29. The van der Waals surface area contributed by atoms with Crippen molar-refractivity contribution in [1.82, 2.24) is 9.97 Å². The number of imidazole rings is 1. The SMILES string of the molecule is CC1OCCC1Nc1cc2[nH]c(=O)[nH]c2cc1Br. The Labute approximate surface area is 112 Å². The Bertz CT molecular complexity index is 634. The van der Waals surface area contributed by atoms with Gasteiger partial charge in [-0.25, -0.2) is 4.79 Å². The number of fused-ring (bicyclic) bond motifs is 1. The molecule has 3 rings (SSSR count). The van der Waals surface area contributed by atoms with Gasteiger partial charge in [0.25, 0.3) is 0 Å². The van der Waals surface area contributed by atoms with Crippen LogP contribution in [0.2, 0.25) is 0 Å². The number of aromatic amines is 2. The molecule has 0 radical (unpaired) electrons. The van der Waals surface area contributed by atoms with Crippen LogP contribution in [0.5, 0.6) is 0 Å². The average molecular weight is 312 g/mol. The zero-order valence-electron chi connectivity index (χ0n) is 9.92. The number of hydrogen-bond donors (Lipinski definition) is 3. The van der Waals surface area contributed by atoms with Gasteiger partial charge in [0.15, 0.2) is 0 Å². The molecule has 5 nitrogen and oxygen atoms in total. The topological polar surface area (TPSA) is 69.9 Å². The second-order valence-electron chi connectivity index (χ2n) is 4.57. The maximum atomic E-state index is 11.2. The van der Waals surface area contributed by atoms with Crippen molar-refractivity contribution in [3.05, 3.63) is 27.1 Å². The molecule has 0 spiro atoms. The fraction of sp³-hybridized carbons (Fsp3) is 0.417. The average Bonchev–Trinajstić information content (AvgIpc) is 2.85. The molecule has 1 aromatic heterocycles. The summed E-state index contributed by atoms with van der Waals surface area (Å²) in [5, 5.41) is 3.45. The summed E-state index contributed by atoms with van der Waals surface area (Å²) in [4.78, 5) is 16.7. The molecule has 0 amide bonds. The second kappa shape index (κ2) is 4.44. The molecule has 6 heteroatoms. The summed E-state index contributed by atoms with van der Waals surface area (Å²) in [5.41, 5.74) is 2.39. The van der Waals surface area contributed by atoms with E-state index in [0.29, 0.717) is 6.04 Å². The molecule has 96 valence electrons. The lowest BCUT2D eigenvalue weighted by Gasteiger charge is -2.18. The van der Waals surface area contributed by atoms with E-state index < -0.39 is 0 Å². The van der Waals surface area contributed by atoms with Crippen molar-refractivity contribution in [1.29, 1.82) is 0 Å². The molecule has 1 saturated heterocycles. The highest BCUT2D eigenvalue weighted by molar-refractivity contribution is 9.10. The van der Waals surface area contributed by atoms with E-state index in [2.05, 4.69) is 38.1 Å². The van der Waals surface area contributed by atoms with E-state index in [4.69, 9.17) is 4.74 Å². The van der Waals surface area contributed by atoms with Gasteiger partial charge in [-0.1, -0.05) is 0 Å². The van der Waals surface area contributed by atoms with E-state index in [0.717, 1.165) is 34.2 Å². The molecule has 1 aliphatic rings. The van der Waals surface area contributed by atoms with Crippen LogP contribution in [-0.2, 0) is 4.74 Å². The van der Waals surface area contributed by atoms with Crippen LogP contribution >= 0.6 is 15.9 Å². The van der Waals surface area contributed by atoms with Gasteiger partial charge in [-0.2, -0.15) is 0 Å². The van der Waals surface area contributed by atoms with Gasteiger partial charge in [-0.15, -0.1) is 0 Å². The summed E-state index contributed by atoms with van der Waals surface area (Å²) in [6.07, 6.45) is 1.20. The number of aromatic nitrogens is 2. The van der Waals surface area contributed by atoms with Crippen LogP contribution < -0.4 is 11.0 Å². The lowest BCUT2D eigenvalue weighted by atomic mass is 10.1. The van der Waals surface area contributed by atoms with Gasteiger partial charge >= 0.3 is 5.69 Å². The fourth-order valence-electron chi connectivity index (χ4n) is 2.29. The predicted molar refractivity (Wildman–Crippen MR) is 74.1 cm³/mol. The van der Waals surface area contributed by atoms with Crippen LogP contribution in [0, 0.1) is 0 Å². The quantitative estimate of drug-likeness (QED) is 0.796. The summed E-state index contributed by atoms with van der Waals surface area (Å²) < 4.78 is 6.46. The first kappa shape index (κ1) is 11.8. The van der Waals surface area contributed by atoms with Crippen molar-refractivity contribution in [2.45, 2.75) is 25.5 Å². The van der Waals surface area contributed by atoms with Crippen molar-refractivity contribution in [3.8, 4) is 0 Å². The first-order chi connectivity index (χ1) is 8.63. The first-order valence-electron chi connectivity index (χ1n) is 5.93. The largest absolute Gasteiger partial charge is 0.379 e. The maximum absolute atomic E-state index is 11.2. The molecule has 2 aromatic rings. The Morgan fingerprint density at radius 2 is 2.11 bits per heavy atom. The Morgan fingerprint density at radius 1 is 1.39 bits per heavy atom. The highest BCUT2D eigenvalue weighted by Gasteiger charge is 2.24. The van der Waals surface area contributed by atoms with Crippen molar-refractivity contribution in [2.75, 3.05) is 11.9 Å². The third-order valence-corrected chi connectivity index (χ3v) is 3.98. The second-order valence-corrected chi connectivity index (χ2v) is 5.43. The number of halogens is 1. The summed E-state index contributed by atoms with van der Waals surface area (Å²) in [6.45, 7) is 2.86. The van der Waals surface area contributed by atoms with Gasteiger partial charge in [-0.3, -0.25) is 0 Å². The van der Waals surface area contributed by atoms with E-state index in [9.17, 15) is 4.79 Å². The number of nitrogens with one attached hydrogen (secondary N) is 3. The molecule has 2 atom stereocenters. The minimum absolute atomic E-state index is 0.188. The summed E-state index contributed by atoms with van der Waals surface area (Å²) >= 11 is 3.51. The van der Waals surface area contributed by atoms with E-state index >= 15 is 0 Å². The minimum atomic E-state index is -0.188. The third kappa shape index (κ3) is 2.06. The molecule has 2 heterocycles. The van der Waals surface area contributed by atoms with Crippen LogP contribution in [0.25, 0.3) is 11.0 Å². The molecule has 3 N–H and O–H groups in total. The zero-order chi connectivity index (χ0) is 12.7. The summed E-state index contributed by atoms with van der Waals surface area (Å²) in [7, 11) is 0. The number of benzene rings is 1. The molecule has 2 unspecified atom stereocenters. The molecular weight excluding hydrogens is 298 g/mol. The molecule has 0 bridgehead atoms. The smallest absolute Gasteiger partial charge is 0.323 e. The predicted octanol–water partition coefficient (Wildman–Crippen LogP) is 2.21. The molecule has 18 heavy (non-hydrogen) atoms. The van der Waals surface area contributed by atoms with Crippen LogP contribution in [0.1, 0.15) is 13.3 Å². The van der Waals surface area contributed by atoms with Gasteiger partial charge in [0.1, 0.15) is 0 Å². The lowest BCUT2D eigenvalue weighted by Crippen LogP contribution is -2.26. The Hall–Kier alpha value is -1.27. The molecule has 1 aromatic carbocycles. The lowest BCUT2D eigenvalue weighted by molar-refractivity contribution is 0.121. The van der Waals surface area contributed by atoms with Crippen LogP contribution in [0.15, 0.2) is 21.4 Å². The zero-order valence-corrected chi connectivity index (χ0v) is 11.5. The molecular formula is C12H14BrN3O2. The van der Waals surface area contributed by atoms with Gasteiger partial charge < -0.3 is 20.0 Å². The Kier molecular flexibility index (Phi) is 2.91. The van der Waals surface area contributed by atoms with Crippen molar-refractivity contribution < 1.29 is 4.74 Å². The maximum Gasteiger partial charge on any atom is 0.323 e. The molecule has 1 aliphatic heterocycles. The summed E-state index contributed by atoms with van der Waals surface area (Å²) in [6, 6.07) is 4.14. The highest BCUT2D eigenvalue weighted by atomic mass is 79.9. The summed E-state index contributed by atoms with van der Waals surface area (Å²) in [5.74, 6) is 0. The van der Waals surface area contributed by atoms with Crippen molar-refractivity contribution >= 4 is 32.7 Å². The molecule has 0 saturated carbocycles. The third-order valence-electron chi connectivity index (χ3n) is 3.32. The van der Waals surface area contributed by atoms with Gasteiger partial charge in [0, 0.05) is 11.1 Å². The molecule has 0 aliphatic carbocycles. The number of hydrogen-bond acceptors (Lipinski definition) is 3. The van der Waals surface area contributed by atoms with Gasteiger partial charge in [0.05, 0.1) is 28.9 Å². The van der Waals surface area contributed by atoms with Crippen molar-refractivity contribution in [3.63, 3.8) is 0 Å². The first-order valence-corrected chi connectivity index (χ1v) is 6.72. The van der Waals surface area contributed by atoms with E-state index in [1.54, 1.807) is 0 Å². The standard InChI is InChI=1S/C12H14BrN3O2/c1-6-8(2-3-18-6)14-9-5-11-10(4-7(9)13)15-12(17)16-11/h4-6,8,14H,2-3H2,1H3,(H2,15,16,17). The number of ether oxygens (including phenoxy) is 1. The normalized spacial score (nSPS) is 23.7. The van der Waals surface area contributed by atoms with Crippen molar-refractivity contribution in [2.24, 2.45) is 0 Å². The van der Waals surface area contributed by atoms with E-state index in [1.165, 1.54) is 0 Å². The minimum Gasteiger partial charge on any atom is -0.379 e. The Balaban J connectivity index is 1.95. The number of rotatable bonds is 2. The van der Waals surface area contributed by atoms with Crippen LogP contribution in [-0.4, -0.2) is 28.7 Å². The number of anilines is 1. The van der Waals surface area contributed by atoms with Crippen LogP contribution in [0.4, 0.5) is 5.69 Å². The monoisotopic (exact) mass is 311 g/mol. The Morgan fingerprint density at radius 3 is 2.78 bits per heavy atom. The van der Waals surface area contributed by atoms with Gasteiger partial charge in [-0.05, 0) is 41.4 Å². The van der Waals surface area contributed by atoms with Crippen LogP contribution in [0.3, 0.4) is 0 Å². The molecule has 1 fully saturated rings. The number of H-pyrrole nitrogens is 2. The van der Waals surface area contributed by atoms with E-state index in [-0.39, 0.29) is 11.8 Å². The fourth-order valence-corrected chi connectivity index (χ4v) is 2.75. The van der Waals surface area contributed by atoms with E-state index in [1.807, 2.05) is 12.1 Å².